The SMILES string of the molecule is Cc1ccc(C2=NN(C(=O)CSc3nncn3C)C(c3ccco3)C2)cc1. The van der Waals surface area contributed by atoms with Gasteiger partial charge in [-0.25, -0.2) is 5.01 Å². The van der Waals surface area contributed by atoms with Crippen molar-refractivity contribution in [2.75, 3.05) is 5.75 Å². The van der Waals surface area contributed by atoms with Crippen LogP contribution in [0.25, 0.3) is 0 Å². The fourth-order valence-electron chi connectivity index (χ4n) is 2.96. The van der Waals surface area contributed by atoms with Crippen molar-refractivity contribution in [1.29, 1.82) is 0 Å². The van der Waals surface area contributed by atoms with Crippen LogP contribution in [0.2, 0.25) is 0 Å². The maximum atomic E-state index is 12.9. The summed E-state index contributed by atoms with van der Waals surface area (Å²) in [7, 11) is 1.85. The number of rotatable bonds is 5. The average molecular weight is 381 g/mol. The number of thioether (sulfide) groups is 1. The molecule has 8 heteroatoms. The van der Waals surface area contributed by atoms with E-state index < -0.39 is 0 Å². The fraction of sp³-hybridized carbons (Fsp3) is 0.263. The van der Waals surface area contributed by atoms with Crippen LogP contribution in [0.5, 0.6) is 0 Å². The average Bonchev–Trinajstić information content (AvgIpc) is 3.41. The summed E-state index contributed by atoms with van der Waals surface area (Å²) in [4.78, 5) is 12.9. The molecule has 4 rings (SSSR count). The van der Waals surface area contributed by atoms with Gasteiger partial charge in [0.25, 0.3) is 5.91 Å². The van der Waals surface area contributed by atoms with E-state index in [2.05, 4.69) is 15.3 Å². The van der Waals surface area contributed by atoms with Gasteiger partial charge in [-0.15, -0.1) is 10.2 Å². The highest BCUT2D eigenvalue weighted by molar-refractivity contribution is 7.99. The molecule has 27 heavy (non-hydrogen) atoms. The molecule has 0 N–H and O–H groups in total. The monoisotopic (exact) mass is 381 g/mol. The molecular formula is C19H19N5O2S. The van der Waals surface area contributed by atoms with Gasteiger partial charge in [0, 0.05) is 13.5 Å². The van der Waals surface area contributed by atoms with Gasteiger partial charge in [0.2, 0.25) is 0 Å². The largest absolute Gasteiger partial charge is 0.467 e. The number of carbonyl (C=O) groups is 1. The summed E-state index contributed by atoms with van der Waals surface area (Å²) >= 11 is 1.35. The molecule has 1 unspecified atom stereocenters. The minimum absolute atomic E-state index is 0.0912. The van der Waals surface area contributed by atoms with Crippen molar-refractivity contribution >= 4 is 23.4 Å². The minimum Gasteiger partial charge on any atom is -0.467 e. The van der Waals surface area contributed by atoms with Crippen molar-refractivity contribution < 1.29 is 9.21 Å². The molecule has 0 fully saturated rings. The lowest BCUT2D eigenvalue weighted by molar-refractivity contribution is -0.130. The van der Waals surface area contributed by atoms with Crippen molar-refractivity contribution in [3.63, 3.8) is 0 Å². The zero-order valence-corrected chi connectivity index (χ0v) is 15.9. The highest BCUT2D eigenvalue weighted by Crippen LogP contribution is 2.33. The van der Waals surface area contributed by atoms with E-state index in [1.165, 1.54) is 22.3 Å². The highest BCUT2D eigenvalue weighted by Gasteiger charge is 2.34. The van der Waals surface area contributed by atoms with E-state index in [9.17, 15) is 4.79 Å². The van der Waals surface area contributed by atoms with Crippen molar-refractivity contribution in [1.82, 2.24) is 19.8 Å². The third-order valence-electron chi connectivity index (χ3n) is 4.42. The van der Waals surface area contributed by atoms with Gasteiger partial charge >= 0.3 is 0 Å². The van der Waals surface area contributed by atoms with Crippen LogP contribution in [0.15, 0.2) is 63.7 Å². The molecule has 1 amide bonds. The van der Waals surface area contributed by atoms with Gasteiger partial charge in [-0.3, -0.25) is 4.79 Å². The van der Waals surface area contributed by atoms with E-state index in [1.807, 2.05) is 50.4 Å². The van der Waals surface area contributed by atoms with Crippen LogP contribution < -0.4 is 0 Å². The van der Waals surface area contributed by atoms with Gasteiger partial charge in [0.1, 0.15) is 18.1 Å². The molecule has 1 aromatic carbocycles. The first-order valence-electron chi connectivity index (χ1n) is 8.58. The first kappa shape index (κ1) is 17.5. The molecule has 2 aromatic heterocycles. The molecule has 0 bridgehead atoms. The first-order chi connectivity index (χ1) is 13.1. The van der Waals surface area contributed by atoms with Crippen molar-refractivity contribution in [2.24, 2.45) is 12.1 Å². The second-order valence-corrected chi connectivity index (χ2v) is 7.34. The number of aryl methyl sites for hydroxylation is 2. The molecule has 7 nitrogen and oxygen atoms in total. The molecule has 0 saturated carbocycles. The Balaban J connectivity index is 1.56. The fourth-order valence-corrected chi connectivity index (χ4v) is 3.70. The first-order valence-corrected chi connectivity index (χ1v) is 9.57. The predicted octanol–water partition coefficient (Wildman–Crippen LogP) is 3.19. The second-order valence-electron chi connectivity index (χ2n) is 6.40. The lowest BCUT2D eigenvalue weighted by atomic mass is 10.0. The van der Waals surface area contributed by atoms with E-state index in [1.54, 1.807) is 17.2 Å². The van der Waals surface area contributed by atoms with E-state index >= 15 is 0 Å². The summed E-state index contributed by atoms with van der Waals surface area (Å²) < 4.78 is 7.35. The maximum absolute atomic E-state index is 12.9. The molecular weight excluding hydrogens is 362 g/mol. The number of amides is 1. The number of furan rings is 1. The van der Waals surface area contributed by atoms with Gasteiger partial charge in [-0.05, 0) is 24.6 Å². The summed E-state index contributed by atoms with van der Waals surface area (Å²) in [6, 6.07) is 11.7. The summed E-state index contributed by atoms with van der Waals surface area (Å²) in [5.74, 6) is 0.874. The van der Waals surface area contributed by atoms with Crippen LogP contribution in [-0.2, 0) is 11.8 Å². The molecule has 3 heterocycles. The Morgan fingerprint density at radius 3 is 2.78 bits per heavy atom. The van der Waals surface area contributed by atoms with Crippen LogP contribution in [0.3, 0.4) is 0 Å². The smallest absolute Gasteiger partial charge is 0.253 e. The Bertz CT molecular complexity index is 962. The van der Waals surface area contributed by atoms with E-state index in [4.69, 9.17) is 4.42 Å². The zero-order chi connectivity index (χ0) is 18.8. The standard InChI is InChI=1S/C19H19N5O2S/c1-13-5-7-14(8-6-13)15-10-16(17-4-3-9-26-17)24(22-15)18(25)11-27-19-21-20-12-23(19)2/h3-9,12,16H,10-11H2,1-2H3. The lowest BCUT2D eigenvalue weighted by Gasteiger charge is -2.19. The number of hydrogen-bond donors (Lipinski definition) is 0. The predicted molar refractivity (Wildman–Crippen MR) is 102 cm³/mol. The van der Waals surface area contributed by atoms with Crippen molar-refractivity contribution in [2.45, 2.75) is 24.5 Å². The quantitative estimate of drug-likeness (QED) is 0.635. The number of aromatic nitrogens is 3. The Hall–Kier alpha value is -2.87. The molecule has 1 aliphatic rings. The van der Waals surface area contributed by atoms with Gasteiger partial charge < -0.3 is 8.98 Å². The number of hydrazone groups is 1. The summed E-state index contributed by atoms with van der Waals surface area (Å²) in [6.07, 6.45) is 3.86. The van der Waals surface area contributed by atoms with Crippen LogP contribution in [0, 0.1) is 6.92 Å². The summed E-state index contributed by atoms with van der Waals surface area (Å²) in [5.41, 5.74) is 3.09. The molecule has 1 atom stereocenters. The van der Waals surface area contributed by atoms with Gasteiger partial charge in [-0.1, -0.05) is 41.6 Å². The molecule has 0 saturated heterocycles. The van der Waals surface area contributed by atoms with E-state index in [0.29, 0.717) is 11.6 Å². The van der Waals surface area contributed by atoms with Crippen molar-refractivity contribution in [3.05, 3.63) is 65.9 Å². The second kappa shape index (κ2) is 7.40. The topological polar surface area (TPSA) is 76.5 Å². The highest BCUT2D eigenvalue weighted by atomic mass is 32.2. The van der Waals surface area contributed by atoms with E-state index in [0.717, 1.165) is 17.0 Å². The molecule has 1 aliphatic heterocycles. The van der Waals surface area contributed by atoms with Gasteiger partial charge in [0.15, 0.2) is 5.16 Å². The molecule has 3 aromatic rings. The summed E-state index contributed by atoms with van der Waals surface area (Å²) in [6.45, 7) is 2.05. The number of carbonyl (C=O) groups excluding carboxylic acids is 1. The third-order valence-corrected chi connectivity index (χ3v) is 5.44. The molecule has 0 radical (unpaired) electrons. The Morgan fingerprint density at radius 2 is 2.11 bits per heavy atom. The van der Waals surface area contributed by atoms with Crippen LogP contribution in [-0.4, -0.2) is 37.1 Å². The van der Waals surface area contributed by atoms with Crippen LogP contribution in [0.4, 0.5) is 0 Å². The molecule has 138 valence electrons. The van der Waals surface area contributed by atoms with Gasteiger partial charge in [-0.2, -0.15) is 5.10 Å². The van der Waals surface area contributed by atoms with Crippen LogP contribution in [0.1, 0.15) is 29.3 Å². The zero-order valence-electron chi connectivity index (χ0n) is 15.1. The Morgan fingerprint density at radius 1 is 1.30 bits per heavy atom. The third kappa shape index (κ3) is 3.66. The van der Waals surface area contributed by atoms with Crippen molar-refractivity contribution in [3.8, 4) is 0 Å². The lowest BCUT2D eigenvalue weighted by Crippen LogP contribution is -2.28. The molecule has 0 aliphatic carbocycles. The maximum Gasteiger partial charge on any atom is 0.253 e. The van der Waals surface area contributed by atoms with Crippen LogP contribution >= 0.6 is 11.8 Å². The molecule has 0 spiro atoms. The summed E-state index contributed by atoms with van der Waals surface area (Å²) in [5, 5.41) is 14.7. The Kier molecular flexibility index (Phi) is 4.81. The minimum atomic E-state index is -0.233. The number of hydrogen-bond acceptors (Lipinski definition) is 6. The normalized spacial score (nSPS) is 16.6. The Labute approximate surface area is 161 Å². The number of nitrogens with zero attached hydrogens (tertiary/aromatic N) is 5. The van der Waals surface area contributed by atoms with Gasteiger partial charge in [0.05, 0.1) is 17.7 Å². The van der Waals surface area contributed by atoms with E-state index in [-0.39, 0.29) is 17.7 Å². The number of benzene rings is 1.